The standard InChI is InChI=1S/C35H34BrN3O3.C27H26N2O4.C8H10BrN/c1-22(25-14-17-28(36)18-15-25)37-33(40)27-16-19-32-31(20-27)23(2)38-39(32)21-24-10-12-26(13-11-24)29-8-6-7-9-30(29)34(41)42-35(3,4)5;1-17-23-15-20(25(30)31)13-14-24(23)29(28-17)16-18-9-11-19(12-10-18)21-7-5-6-8-22(21)26(32)33-27(2,3)4;1-6(10)7-2-4-8(9)5-3-7/h6-20,22H,21H2,1-5H3,(H,37,40);5-15H,16H2,1-4H3,(H,30,31);2-6H,10H2,1H3/t22-;;6-/m0.0/s1. The number of carbonyl (C=O) groups excluding carboxylic acids is 3. The number of aromatic carboxylic acids is 1. The zero-order valence-corrected chi connectivity index (χ0v) is 52.6. The molecule has 85 heavy (non-hydrogen) atoms. The van der Waals surface area contributed by atoms with E-state index < -0.39 is 17.2 Å². The first-order chi connectivity index (χ1) is 40.3. The molecule has 0 saturated heterocycles. The number of halogens is 2. The van der Waals surface area contributed by atoms with Gasteiger partial charge in [0, 0.05) is 31.3 Å². The van der Waals surface area contributed by atoms with Crippen molar-refractivity contribution < 1.29 is 33.8 Å². The number of nitrogens with one attached hydrogen (secondary N) is 1. The van der Waals surface area contributed by atoms with E-state index in [-0.39, 0.29) is 35.5 Å². The number of ether oxygens (including phenoxy) is 2. The summed E-state index contributed by atoms with van der Waals surface area (Å²) in [7, 11) is 0. The Morgan fingerprint density at radius 2 is 0.929 bits per heavy atom. The maximum atomic E-state index is 13.1. The predicted octanol–water partition coefficient (Wildman–Crippen LogP) is 16.5. The number of rotatable bonds is 13. The second kappa shape index (κ2) is 27.0. The Balaban J connectivity index is 0.000000194. The van der Waals surface area contributed by atoms with E-state index in [2.05, 4.69) is 54.4 Å². The Morgan fingerprint density at radius 1 is 0.541 bits per heavy atom. The molecule has 15 heteroatoms. The van der Waals surface area contributed by atoms with Crippen molar-refractivity contribution in [3.63, 3.8) is 0 Å². The highest BCUT2D eigenvalue weighted by atomic mass is 79.9. The fraction of sp³-hybridized carbons (Fsp3) is 0.229. The lowest BCUT2D eigenvalue weighted by atomic mass is 9.98. The van der Waals surface area contributed by atoms with Crippen LogP contribution in [-0.4, -0.2) is 59.7 Å². The first-order valence-electron chi connectivity index (χ1n) is 27.9. The second-order valence-corrected chi connectivity index (χ2v) is 24.7. The zero-order valence-electron chi connectivity index (χ0n) is 49.4. The number of amides is 1. The minimum absolute atomic E-state index is 0.121. The number of carbonyl (C=O) groups is 4. The summed E-state index contributed by atoms with van der Waals surface area (Å²) in [5, 5.41) is 23.5. The number of hydrogen-bond donors (Lipinski definition) is 3. The molecule has 0 aliphatic carbocycles. The van der Waals surface area contributed by atoms with E-state index >= 15 is 0 Å². The van der Waals surface area contributed by atoms with E-state index in [0.717, 1.165) is 81.1 Å². The quantitative estimate of drug-likeness (QED) is 0.0940. The third-order valence-corrected chi connectivity index (χ3v) is 14.8. The summed E-state index contributed by atoms with van der Waals surface area (Å²) in [6.45, 7) is 20.1. The largest absolute Gasteiger partial charge is 0.478 e. The summed E-state index contributed by atoms with van der Waals surface area (Å²) in [5.74, 6) is -1.76. The fourth-order valence-corrected chi connectivity index (χ4v) is 10.0. The number of benzene rings is 8. The highest BCUT2D eigenvalue weighted by Gasteiger charge is 2.23. The van der Waals surface area contributed by atoms with Crippen molar-refractivity contribution in [2.75, 3.05) is 0 Å². The van der Waals surface area contributed by atoms with Crippen molar-refractivity contribution >= 4 is 77.5 Å². The van der Waals surface area contributed by atoms with Crippen LogP contribution in [0.3, 0.4) is 0 Å². The van der Waals surface area contributed by atoms with E-state index in [1.165, 1.54) is 5.56 Å². The van der Waals surface area contributed by atoms with Gasteiger partial charge < -0.3 is 25.6 Å². The van der Waals surface area contributed by atoms with Gasteiger partial charge in [0.1, 0.15) is 11.2 Å². The maximum absolute atomic E-state index is 13.1. The van der Waals surface area contributed by atoms with E-state index in [0.29, 0.717) is 29.8 Å². The van der Waals surface area contributed by atoms with Crippen LogP contribution < -0.4 is 11.1 Å². The molecule has 10 aromatic rings. The van der Waals surface area contributed by atoms with Gasteiger partial charge in [-0.25, -0.2) is 14.4 Å². The van der Waals surface area contributed by atoms with E-state index in [4.69, 9.17) is 20.3 Å². The lowest BCUT2D eigenvalue weighted by molar-refractivity contribution is 0.00578. The number of fused-ring (bicyclic) bond motifs is 2. The summed E-state index contributed by atoms with van der Waals surface area (Å²) in [5.41, 5.74) is 17.8. The molecule has 0 saturated carbocycles. The van der Waals surface area contributed by atoms with E-state index in [9.17, 15) is 24.3 Å². The highest BCUT2D eigenvalue weighted by Crippen LogP contribution is 2.30. The van der Waals surface area contributed by atoms with Gasteiger partial charge in [-0.15, -0.1) is 0 Å². The SMILES string of the molecule is C[C@H](N)c1ccc(Br)cc1.Cc1nn(Cc2ccc(-c3ccccc3C(=O)OC(C)(C)C)cc2)c2ccc(C(=O)N[C@@H](C)c3ccc(Br)cc3)cc12.Cc1nn(Cc2ccc(-c3ccccc3C(=O)OC(C)(C)C)cc2)c2ccc(C(=O)O)cc12. The Morgan fingerprint density at radius 3 is 1.33 bits per heavy atom. The number of carboxylic acid groups (broad SMARTS) is 1. The van der Waals surface area contributed by atoms with Crippen molar-refractivity contribution in [1.29, 1.82) is 0 Å². The normalized spacial score (nSPS) is 12.1. The van der Waals surface area contributed by atoms with Gasteiger partial charge in [-0.2, -0.15) is 10.2 Å². The van der Waals surface area contributed by atoms with Crippen molar-refractivity contribution in [2.24, 2.45) is 5.73 Å². The molecule has 2 atom stereocenters. The van der Waals surface area contributed by atoms with E-state index in [1.807, 2.05) is 218 Å². The highest BCUT2D eigenvalue weighted by molar-refractivity contribution is 9.10. The second-order valence-electron chi connectivity index (χ2n) is 22.8. The van der Waals surface area contributed by atoms with Gasteiger partial charge in [0.15, 0.2) is 0 Å². The van der Waals surface area contributed by atoms with Crippen molar-refractivity contribution in [2.45, 2.75) is 106 Å². The first kappa shape index (κ1) is 62.5. The first-order valence-corrected chi connectivity index (χ1v) is 29.5. The average molecular weight is 1270 g/mol. The van der Waals surface area contributed by atoms with Gasteiger partial charge in [0.2, 0.25) is 0 Å². The molecule has 0 spiro atoms. The lowest BCUT2D eigenvalue weighted by Crippen LogP contribution is -2.26. The Bertz CT molecular complexity index is 4010. The predicted molar refractivity (Wildman–Crippen MR) is 345 cm³/mol. The molecule has 2 aromatic heterocycles. The molecule has 0 fully saturated rings. The van der Waals surface area contributed by atoms with Crippen LogP contribution in [-0.2, 0) is 22.6 Å². The summed E-state index contributed by atoms with van der Waals surface area (Å²) in [4.78, 5) is 49.8. The van der Waals surface area contributed by atoms with Gasteiger partial charge in [-0.05, 0) is 187 Å². The molecule has 0 radical (unpaired) electrons. The van der Waals surface area contributed by atoms with Gasteiger partial charge in [-0.3, -0.25) is 14.2 Å². The van der Waals surface area contributed by atoms with Crippen LogP contribution in [0.25, 0.3) is 44.1 Å². The Hall–Kier alpha value is -8.50. The molecule has 0 aliphatic heterocycles. The van der Waals surface area contributed by atoms with Crippen LogP contribution >= 0.6 is 31.9 Å². The summed E-state index contributed by atoms with van der Waals surface area (Å²) >= 11 is 6.81. The summed E-state index contributed by atoms with van der Waals surface area (Å²) in [6, 6.07) is 57.8. The molecule has 436 valence electrons. The molecule has 13 nitrogen and oxygen atoms in total. The van der Waals surface area contributed by atoms with E-state index in [1.54, 1.807) is 30.3 Å². The van der Waals surface area contributed by atoms with Crippen molar-refractivity contribution in [3.05, 3.63) is 247 Å². The van der Waals surface area contributed by atoms with Crippen molar-refractivity contribution in [3.8, 4) is 22.3 Å². The maximum Gasteiger partial charge on any atom is 0.339 e. The zero-order chi connectivity index (χ0) is 61.3. The fourth-order valence-electron chi connectivity index (χ4n) is 9.49. The number of esters is 2. The number of aryl methyl sites for hydroxylation is 2. The third kappa shape index (κ3) is 16.4. The molecule has 0 aliphatic rings. The van der Waals surface area contributed by atoms with Crippen LogP contribution in [0.4, 0.5) is 0 Å². The number of hydrogen-bond acceptors (Lipinski definition) is 9. The average Bonchev–Trinajstić information content (AvgIpc) is 2.36. The van der Waals surface area contributed by atoms with Gasteiger partial charge in [-0.1, -0.05) is 141 Å². The topological polar surface area (TPSA) is 181 Å². The molecular weight excluding hydrogens is 1200 g/mol. The number of aromatic nitrogens is 4. The van der Waals surface area contributed by atoms with Gasteiger partial charge in [0.25, 0.3) is 5.91 Å². The van der Waals surface area contributed by atoms with Crippen molar-refractivity contribution in [1.82, 2.24) is 24.9 Å². The molecule has 10 rings (SSSR count). The number of nitrogens with two attached hydrogens (primary N) is 1. The molecule has 1 amide bonds. The van der Waals surface area contributed by atoms with Crippen LogP contribution in [0.1, 0.15) is 143 Å². The molecule has 4 N–H and O–H groups in total. The molecular formula is C70H70Br2N6O7. The molecule has 8 aromatic carbocycles. The molecule has 2 heterocycles. The number of nitrogens with zero attached hydrogens (tertiary/aromatic N) is 4. The monoisotopic (exact) mass is 1260 g/mol. The Labute approximate surface area is 513 Å². The van der Waals surface area contributed by atoms with Crippen LogP contribution in [0.15, 0.2) is 191 Å². The smallest absolute Gasteiger partial charge is 0.339 e. The third-order valence-electron chi connectivity index (χ3n) is 13.8. The van der Waals surface area contributed by atoms with Crippen LogP contribution in [0.2, 0.25) is 0 Å². The van der Waals surface area contributed by atoms with Gasteiger partial charge in [0.05, 0.1) is 58.2 Å². The minimum atomic E-state index is -0.952. The van der Waals surface area contributed by atoms with Crippen LogP contribution in [0, 0.1) is 13.8 Å². The molecule has 0 bridgehead atoms. The molecule has 0 unspecified atom stereocenters. The lowest BCUT2D eigenvalue weighted by Gasteiger charge is -2.20. The minimum Gasteiger partial charge on any atom is -0.478 e. The summed E-state index contributed by atoms with van der Waals surface area (Å²) < 4.78 is 17.1. The summed E-state index contributed by atoms with van der Waals surface area (Å²) in [6.07, 6.45) is 0. The Kier molecular flexibility index (Phi) is 19.9. The van der Waals surface area contributed by atoms with Crippen LogP contribution in [0.5, 0.6) is 0 Å². The number of carboxylic acids is 1. The van der Waals surface area contributed by atoms with Gasteiger partial charge >= 0.3 is 17.9 Å².